The van der Waals surface area contributed by atoms with Crippen molar-refractivity contribution in [3.05, 3.63) is 76.9 Å². The zero-order valence-electron chi connectivity index (χ0n) is 16.3. The molecule has 1 aromatic heterocycles. The summed E-state index contributed by atoms with van der Waals surface area (Å²) >= 11 is 0. The molecule has 0 fully saturated rings. The Morgan fingerprint density at radius 3 is 2.62 bits per heavy atom. The van der Waals surface area contributed by atoms with Gasteiger partial charge in [0.1, 0.15) is 5.82 Å². The fraction of sp³-hybridized carbons (Fsp3) is 0.227. The minimum Gasteiger partial charge on any atom is -0.481 e. The Morgan fingerprint density at radius 2 is 1.93 bits per heavy atom. The molecule has 1 heterocycles. The van der Waals surface area contributed by atoms with Crippen molar-refractivity contribution in [2.75, 3.05) is 7.05 Å². The fourth-order valence-electron chi connectivity index (χ4n) is 3.21. The molecule has 6 nitrogen and oxygen atoms in total. The minimum atomic E-state index is -0.897. The van der Waals surface area contributed by atoms with Gasteiger partial charge >= 0.3 is 5.97 Å². The topological polar surface area (TPSA) is 86.3 Å². The summed E-state index contributed by atoms with van der Waals surface area (Å²) in [6.07, 6.45) is 1.96. The van der Waals surface area contributed by atoms with E-state index < -0.39 is 11.8 Å². The monoisotopic (exact) mass is 395 g/mol. The number of carboxylic acid groups (broad SMARTS) is 1. The van der Waals surface area contributed by atoms with Crippen molar-refractivity contribution in [2.24, 2.45) is 0 Å². The van der Waals surface area contributed by atoms with Crippen LogP contribution in [0.25, 0.3) is 11.1 Å². The van der Waals surface area contributed by atoms with E-state index in [0.717, 1.165) is 22.4 Å². The number of nitrogens with one attached hydrogen (secondary N) is 1. The zero-order chi connectivity index (χ0) is 21.0. The molecule has 0 saturated carbocycles. The Balaban J connectivity index is 1.90. The van der Waals surface area contributed by atoms with Crippen molar-refractivity contribution in [1.29, 1.82) is 0 Å². The quantitative estimate of drug-likeness (QED) is 0.637. The molecule has 0 atom stereocenters. The number of aromatic amines is 1. The number of benzene rings is 2. The molecule has 0 saturated heterocycles. The number of nitrogens with zero attached hydrogens (tertiary/aromatic N) is 2. The summed E-state index contributed by atoms with van der Waals surface area (Å²) in [6.45, 7) is 2.22. The molecule has 150 valence electrons. The van der Waals surface area contributed by atoms with Crippen LogP contribution in [0.3, 0.4) is 0 Å². The summed E-state index contributed by atoms with van der Waals surface area (Å²) < 4.78 is 14.3. The highest BCUT2D eigenvalue weighted by molar-refractivity contribution is 5.95. The molecule has 0 bridgehead atoms. The first kappa shape index (κ1) is 20.3. The van der Waals surface area contributed by atoms with E-state index in [1.165, 1.54) is 17.0 Å². The van der Waals surface area contributed by atoms with Crippen molar-refractivity contribution < 1.29 is 19.1 Å². The van der Waals surface area contributed by atoms with Crippen LogP contribution in [0.15, 0.2) is 48.7 Å². The second-order valence-corrected chi connectivity index (χ2v) is 6.96. The summed E-state index contributed by atoms with van der Waals surface area (Å²) in [6, 6.07) is 11.5. The molecule has 3 aromatic rings. The maximum Gasteiger partial charge on any atom is 0.303 e. The van der Waals surface area contributed by atoms with Crippen LogP contribution >= 0.6 is 0 Å². The number of hydrogen-bond donors (Lipinski definition) is 2. The molecular formula is C22H22FN3O3. The molecule has 2 N–H and O–H groups in total. The standard InChI is InChI=1S/C22H22FN3O3/c1-14-18(12-24-25-14)13-26(2)22(29)17-9-16(10-19(23)11-17)20-6-4-3-5-15(20)7-8-21(27)28/h3-6,9-12H,7-8,13H2,1-2H3,(H,24,25)(H,27,28). The molecule has 0 spiro atoms. The molecule has 0 radical (unpaired) electrons. The van der Waals surface area contributed by atoms with Gasteiger partial charge in [-0.2, -0.15) is 5.10 Å². The van der Waals surface area contributed by atoms with Gasteiger partial charge in [-0.25, -0.2) is 4.39 Å². The third-order valence-electron chi connectivity index (χ3n) is 4.77. The van der Waals surface area contributed by atoms with Crippen LogP contribution in [0.2, 0.25) is 0 Å². The number of hydrogen-bond acceptors (Lipinski definition) is 3. The van der Waals surface area contributed by atoms with Gasteiger partial charge in [0.2, 0.25) is 0 Å². The first-order chi connectivity index (χ1) is 13.8. The number of aliphatic carboxylic acids is 1. The number of carbonyl (C=O) groups is 2. The van der Waals surface area contributed by atoms with Gasteiger partial charge in [0.25, 0.3) is 5.91 Å². The summed E-state index contributed by atoms with van der Waals surface area (Å²) in [5, 5.41) is 15.7. The lowest BCUT2D eigenvalue weighted by molar-refractivity contribution is -0.136. The lowest BCUT2D eigenvalue weighted by Gasteiger charge is -2.18. The molecule has 0 unspecified atom stereocenters. The second-order valence-electron chi connectivity index (χ2n) is 6.96. The maximum atomic E-state index is 14.3. The molecule has 1 amide bonds. The SMILES string of the molecule is Cc1[nH]ncc1CN(C)C(=O)c1cc(F)cc(-c2ccccc2CCC(=O)O)c1. The number of amides is 1. The lowest BCUT2D eigenvalue weighted by Crippen LogP contribution is -2.26. The number of halogens is 1. The smallest absolute Gasteiger partial charge is 0.303 e. The van der Waals surface area contributed by atoms with Gasteiger partial charge in [0.15, 0.2) is 0 Å². The van der Waals surface area contributed by atoms with Gasteiger partial charge < -0.3 is 10.0 Å². The van der Waals surface area contributed by atoms with Crippen LogP contribution in [-0.4, -0.2) is 39.1 Å². The summed E-state index contributed by atoms with van der Waals surface area (Å²) in [5.74, 6) is -1.73. The van der Waals surface area contributed by atoms with E-state index in [1.54, 1.807) is 31.4 Å². The van der Waals surface area contributed by atoms with E-state index in [-0.39, 0.29) is 17.9 Å². The third-order valence-corrected chi connectivity index (χ3v) is 4.77. The number of aromatic nitrogens is 2. The van der Waals surface area contributed by atoms with Crippen LogP contribution in [0, 0.1) is 12.7 Å². The number of carboxylic acids is 1. The predicted molar refractivity (Wildman–Crippen MR) is 107 cm³/mol. The number of H-pyrrole nitrogens is 1. The van der Waals surface area contributed by atoms with Crippen LogP contribution in [0.5, 0.6) is 0 Å². The highest BCUT2D eigenvalue weighted by Gasteiger charge is 2.17. The van der Waals surface area contributed by atoms with Gasteiger partial charge in [-0.15, -0.1) is 0 Å². The van der Waals surface area contributed by atoms with E-state index in [4.69, 9.17) is 5.11 Å². The van der Waals surface area contributed by atoms with Crippen molar-refractivity contribution in [3.8, 4) is 11.1 Å². The van der Waals surface area contributed by atoms with Gasteiger partial charge in [-0.1, -0.05) is 24.3 Å². The third kappa shape index (κ3) is 4.87. The Labute approximate surface area is 168 Å². The van der Waals surface area contributed by atoms with Crippen molar-refractivity contribution in [1.82, 2.24) is 15.1 Å². The average molecular weight is 395 g/mol. The molecule has 0 aliphatic rings. The molecule has 3 rings (SSSR count). The molecule has 0 aliphatic carbocycles. The van der Waals surface area contributed by atoms with Crippen molar-refractivity contribution >= 4 is 11.9 Å². The first-order valence-electron chi connectivity index (χ1n) is 9.20. The van der Waals surface area contributed by atoms with Gasteiger partial charge in [0, 0.05) is 36.8 Å². The Bertz CT molecular complexity index is 1050. The second kappa shape index (κ2) is 8.68. The van der Waals surface area contributed by atoms with Gasteiger partial charge in [0.05, 0.1) is 6.20 Å². The van der Waals surface area contributed by atoms with Crippen LogP contribution in [-0.2, 0) is 17.8 Å². The molecule has 0 aliphatic heterocycles. The Kier molecular flexibility index (Phi) is 6.07. The van der Waals surface area contributed by atoms with Crippen LogP contribution in [0.1, 0.15) is 33.6 Å². The molecule has 7 heteroatoms. The number of aryl methyl sites for hydroxylation is 2. The zero-order valence-corrected chi connectivity index (χ0v) is 16.3. The summed E-state index contributed by atoms with van der Waals surface area (Å²) in [4.78, 5) is 25.3. The van der Waals surface area contributed by atoms with Gasteiger partial charge in [-0.05, 0) is 48.2 Å². The minimum absolute atomic E-state index is 0.0229. The average Bonchev–Trinajstić information content (AvgIpc) is 3.10. The highest BCUT2D eigenvalue weighted by Crippen LogP contribution is 2.27. The largest absolute Gasteiger partial charge is 0.481 e. The van der Waals surface area contributed by atoms with E-state index in [1.807, 2.05) is 19.1 Å². The van der Waals surface area contributed by atoms with Gasteiger partial charge in [-0.3, -0.25) is 14.7 Å². The summed E-state index contributed by atoms with van der Waals surface area (Å²) in [5.41, 5.74) is 4.05. The van der Waals surface area contributed by atoms with Crippen molar-refractivity contribution in [3.63, 3.8) is 0 Å². The van der Waals surface area contributed by atoms with Crippen LogP contribution < -0.4 is 0 Å². The van der Waals surface area contributed by atoms with E-state index in [9.17, 15) is 14.0 Å². The normalized spacial score (nSPS) is 10.7. The number of rotatable bonds is 7. The van der Waals surface area contributed by atoms with Crippen molar-refractivity contribution in [2.45, 2.75) is 26.3 Å². The van der Waals surface area contributed by atoms with Crippen LogP contribution in [0.4, 0.5) is 4.39 Å². The Morgan fingerprint density at radius 1 is 1.17 bits per heavy atom. The Hall–Kier alpha value is -3.48. The highest BCUT2D eigenvalue weighted by atomic mass is 19.1. The van der Waals surface area contributed by atoms with E-state index >= 15 is 0 Å². The summed E-state index contributed by atoms with van der Waals surface area (Å²) in [7, 11) is 1.65. The molecular weight excluding hydrogens is 373 g/mol. The molecule has 29 heavy (non-hydrogen) atoms. The molecule has 2 aromatic carbocycles. The fourth-order valence-corrected chi connectivity index (χ4v) is 3.21. The van der Waals surface area contributed by atoms with E-state index in [0.29, 0.717) is 18.5 Å². The van der Waals surface area contributed by atoms with E-state index in [2.05, 4.69) is 10.2 Å². The predicted octanol–water partition coefficient (Wildman–Crippen LogP) is 3.81. The number of carbonyl (C=O) groups excluding carboxylic acids is 1. The first-order valence-corrected chi connectivity index (χ1v) is 9.20. The maximum absolute atomic E-state index is 14.3. The lowest BCUT2D eigenvalue weighted by atomic mass is 9.95.